The van der Waals surface area contributed by atoms with Crippen LogP contribution in [0.4, 0.5) is 0 Å². The van der Waals surface area contributed by atoms with E-state index >= 15 is 0 Å². The van der Waals surface area contributed by atoms with Crippen molar-refractivity contribution in [3.05, 3.63) is 146 Å². The fourth-order valence-corrected chi connectivity index (χ4v) is 16.3. The van der Waals surface area contributed by atoms with Gasteiger partial charge in [-0.05, 0) is 32.3 Å². The standard InChI is InChI=1S/C44H36B2Si2/c1-47(2)39-17-9-5-13-35(39)45(36-14-6-10-18-40(36)47)33-27-23-29-21-22-30-24-28-34(32-26-25-31(33)43(29)44(30)32)46-37-15-7-11-19-41(37)48(3,4)42-20-12-8-16-38(42)46/h5-28H,1-4H3. The Morgan fingerprint density at radius 3 is 0.938 bits per heavy atom. The van der Waals surface area contributed by atoms with Gasteiger partial charge in [0.2, 0.25) is 13.4 Å². The van der Waals surface area contributed by atoms with Crippen LogP contribution >= 0.6 is 0 Å². The molecule has 0 radical (unpaired) electrons. The first-order valence-corrected chi connectivity index (χ1v) is 23.4. The van der Waals surface area contributed by atoms with E-state index in [9.17, 15) is 0 Å². The lowest BCUT2D eigenvalue weighted by Gasteiger charge is -2.38. The normalized spacial score (nSPS) is 15.8. The fourth-order valence-electron chi connectivity index (χ4n) is 9.92. The van der Waals surface area contributed by atoms with E-state index in [1.807, 2.05) is 0 Å². The Morgan fingerprint density at radius 1 is 0.312 bits per heavy atom. The zero-order valence-corrected chi connectivity index (χ0v) is 30.0. The Balaban J connectivity index is 1.27. The highest BCUT2D eigenvalue weighted by Crippen LogP contribution is 2.34. The molecule has 8 aromatic carbocycles. The fraction of sp³-hybridized carbons (Fsp3) is 0.0909. The van der Waals surface area contributed by atoms with Crippen molar-refractivity contribution in [1.29, 1.82) is 0 Å². The molecule has 0 atom stereocenters. The van der Waals surface area contributed by atoms with Crippen molar-refractivity contribution in [3.63, 3.8) is 0 Å². The summed E-state index contributed by atoms with van der Waals surface area (Å²) in [5.74, 6) is 0. The monoisotopic (exact) mass is 642 g/mol. The highest BCUT2D eigenvalue weighted by atomic mass is 28.3. The summed E-state index contributed by atoms with van der Waals surface area (Å²) in [7, 11) is -3.66. The van der Waals surface area contributed by atoms with Gasteiger partial charge in [-0.25, -0.2) is 0 Å². The molecule has 0 bridgehead atoms. The first-order chi connectivity index (χ1) is 23.4. The molecule has 48 heavy (non-hydrogen) atoms. The van der Waals surface area contributed by atoms with Crippen LogP contribution in [0.2, 0.25) is 26.2 Å². The molecule has 0 N–H and O–H groups in total. The van der Waals surface area contributed by atoms with E-state index in [2.05, 4.69) is 172 Å². The van der Waals surface area contributed by atoms with E-state index in [-0.39, 0.29) is 13.4 Å². The lowest BCUT2D eigenvalue weighted by molar-refractivity contribution is 1.68. The topological polar surface area (TPSA) is 0 Å². The Bertz CT molecular complexity index is 2320. The molecule has 2 heterocycles. The van der Waals surface area contributed by atoms with Gasteiger partial charge >= 0.3 is 0 Å². The highest BCUT2D eigenvalue weighted by molar-refractivity contribution is 7.15. The van der Waals surface area contributed by atoms with Gasteiger partial charge in [0, 0.05) is 0 Å². The second-order valence-electron chi connectivity index (χ2n) is 15.2. The quantitative estimate of drug-likeness (QED) is 0.199. The van der Waals surface area contributed by atoms with Crippen LogP contribution < -0.4 is 53.5 Å². The maximum absolute atomic E-state index is 2.53. The van der Waals surface area contributed by atoms with Crippen molar-refractivity contribution in [1.82, 2.24) is 0 Å². The van der Waals surface area contributed by atoms with Crippen LogP contribution in [0.5, 0.6) is 0 Å². The number of fused-ring (bicyclic) bond motifs is 4. The van der Waals surface area contributed by atoms with Gasteiger partial charge < -0.3 is 0 Å². The summed E-state index contributed by atoms with van der Waals surface area (Å²) < 4.78 is 0. The third-order valence-corrected chi connectivity index (χ3v) is 19.3. The lowest BCUT2D eigenvalue weighted by Crippen LogP contribution is -2.76. The predicted octanol–water partition coefficient (Wildman–Crippen LogP) is 3.89. The average Bonchev–Trinajstić information content (AvgIpc) is 3.12. The third-order valence-electron chi connectivity index (χ3n) is 12.1. The molecule has 0 aromatic heterocycles. The Morgan fingerprint density at radius 2 is 0.604 bits per heavy atom. The smallest absolute Gasteiger partial charge is 0.0689 e. The molecule has 8 aromatic rings. The van der Waals surface area contributed by atoms with Crippen LogP contribution in [-0.2, 0) is 0 Å². The summed E-state index contributed by atoms with van der Waals surface area (Å²) in [5, 5.41) is 14.5. The minimum Gasteiger partial charge on any atom is -0.0689 e. The molecule has 10 rings (SSSR count). The van der Waals surface area contributed by atoms with Crippen LogP contribution in [0.3, 0.4) is 0 Å². The highest BCUT2D eigenvalue weighted by Gasteiger charge is 2.43. The van der Waals surface area contributed by atoms with Gasteiger partial charge in [0.05, 0.1) is 0 Å². The minimum absolute atomic E-state index is 0.214. The summed E-state index contributed by atoms with van der Waals surface area (Å²) in [6.45, 7) is 10.5. The molecule has 2 aliphatic heterocycles. The molecule has 2 aliphatic rings. The maximum atomic E-state index is 2.53. The second-order valence-corrected chi connectivity index (χ2v) is 23.9. The minimum atomic E-state index is -1.83. The van der Waals surface area contributed by atoms with E-state index in [1.165, 1.54) is 65.1 Å². The SMILES string of the molecule is C[Si]1(C)c2ccccc2B(c2ccc3ccc4ccc(B5c6ccccc6[Si](C)(C)c6ccccc65)c5ccc2c3c45)c2ccccc21. The van der Waals surface area contributed by atoms with Crippen LogP contribution in [0, 0.1) is 0 Å². The number of hydrogen-bond acceptors (Lipinski definition) is 0. The molecular formula is C44H36B2Si2. The Kier molecular flexibility index (Phi) is 5.88. The van der Waals surface area contributed by atoms with Crippen molar-refractivity contribution in [2.24, 2.45) is 0 Å². The van der Waals surface area contributed by atoms with Crippen molar-refractivity contribution < 1.29 is 0 Å². The largest absolute Gasteiger partial charge is 0.241 e. The average molecular weight is 643 g/mol. The molecule has 4 heteroatoms. The summed E-state index contributed by atoms with van der Waals surface area (Å²) in [4.78, 5) is 0. The molecule has 0 fully saturated rings. The second kappa shape index (κ2) is 9.95. The molecule has 0 aliphatic carbocycles. The van der Waals surface area contributed by atoms with Crippen LogP contribution in [0.25, 0.3) is 32.3 Å². The first kappa shape index (κ1) is 28.4. The van der Waals surface area contributed by atoms with Crippen molar-refractivity contribution in [3.8, 4) is 0 Å². The van der Waals surface area contributed by atoms with E-state index in [0.717, 1.165) is 0 Å². The molecule has 226 valence electrons. The molecule has 0 saturated heterocycles. The van der Waals surface area contributed by atoms with E-state index in [0.29, 0.717) is 0 Å². The number of hydrogen-bond donors (Lipinski definition) is 0. The first-order valence-electron chi connectivity index (χ1n) is 17.4. The van der Waals surface area contributed by atoms with E-state index in [1.54, 1.807) is 20.7 Å². The van der Waals surface area contributed by atoms with Crippen molar-refractivity contribution in [2.45, 2.75) is 26.2 Å². The molecular weight excluding hydrogens is 606 g/mol. The van der Waals surface area contributed by atoms with E-state index < -0.39 is 16.1 Å². The molecule has 0 nitrogen and oxygen atoms in total. The van der Waals surface area contributed by atoms with Crippen LogP contribution in [0.15, 0.2) is 146 Å². The van der Waals surface area contributed by atoms with E-state index in [4.69, 9.17) is 0 Å². The summed E-state index contributed by atoms with van der Waals surface area (Å²) in [6, 6.07) is 56.5. The number of benzene rings is 8. The summed E-state index contributed by atoms with van der Waals surface area (Å²) in [6.07, 6.45) is 0. The van der Waals surface area contributed by atoms with Crippen LogP contribution in [0.1, 0.15) is 0 Å². The van der Waals surface area contributed by atoms with Crippen LogP contribution in [-0.4, -0.2) is 29.6 Å². The lowest BCUT2D eigenvalue weighted by atomic mass is 9.35. The maximum Gasteiger partial charge on any atom is 0.241 e. The molecule has 0 unspecified atom stereocenters. The molecule has 0 saturated carbocycles. The van der Waals surface area contributed by atoms with Crippen molar-refractivity contribution >= 4 is 115 Å². The van der Waals surface area contributed by atoms with Gasteiger partial charge in [0.1, 0.15) is 16.1 Å². The molecule has 0 amide bonds. The van der Waals surface area contributed by atoms with Gasteiger partial charge in [-0.3, -0.25) is 0 Å². The van der Waals surface area contributed by atoms with Gasteiger partial charge in [0.25, 0.3) is 0 Å². The Labute approximate surface area is 286 Å². The van der Waals surface area contributed by atoms with Gasteiger partial charge in [-0.2, -0.15) is 0 Å². The van der Waals surface area contributed by atoms with Gasteiger partial charge in [0.15, 0.2) is 0 Å². The summed E-state index contributed by atoms with van der Waals surface area (Å²) in [5.41, 5.74) is 8.81. The zero-order valence-electron chi connectivity index (χ0n) is 28.0. The molecule has 0 spiro atoms. The Hall–Kier alpha value is -4.64. The number of rotatable bonds is 2. The van der Waals surface area contributed by atoms with Gasteiger partial charge in [-0.15, -0.1) is 0 Å². The summed E-state index contributed by atoms with van der Waals surface area (Å²) >= 11 is 0. The van der Waals surface area contributed by atoms with Gasteiger partial charge in [-0.1, -0.05) is 225 Å². The zero-order chi connectivity index (χ0) is 32.4. The predicted molar refractivity (Wildman–Crippen MR) is 219 cm³/mol. The van der Waals surface area contributed by atoms with Crippen molar-refractivity contribution in [2.75, 3.05) is 0 Å². The third kappa shape index (κ3) is 3.68.